The van der Waals surface area contributed by atoms with E-state index < -0.39 is 22.9 Å². The van der Waals surface area contributed by atoms with Gasteiger partial charge in [-0.15, -0.1) is 0 Å². The van der Waals surface area contributed by atoms with Gasteiger partial charge < -0.3 is 49.6 Å². The molecule has 4 aromatic rings. The summed E-state index contributed by atoms with van der Waals surface area (Å²) in [6, 6.07) is 10.9. The van der Waals surface area contributed by atoms with Gasteiger partial charge in [-0.2, -0.15) is 0 Å². The van der Waals surface area contributed by atoms with Crippen LogP contribution in [0.25, 0.3) is 21.9 Å². The van der Waals surface area contributed by atoms with Gasteiger partial charge in [0.15, 0.2) is 0 Å². The fourth-order valence-corrected chi connectivity index (χ4v) is 7.64. The Kier molecular flexibility index (Phi) is 10.5. The number of primary amides is 1. The number of nitrogens with one attached hydrogen (secondary N) is 1. The lowest BCUT2D eigenvalue weighted by Gasteiger charge is -2.44. The number of piperidine rings is 1. The molecule has 2 aromatic carbocycles. The lowest BCUT2D eigenvalue weighted by molar-refractivity contribution is -0.127. The average molecular weight is 692 g/mol. The van der Waals surface area contributed by atoms with Gasteiger partial charge in [0.25, 0.3) is 0 Å². The quantitative estimate of drug-likeness (QED) is 0.111. The Morgan fingerprint density at radius 3 is 2.60 bits per heavy atom. The average Bonchev–Trinajstić information content (AvgIpc) is 3.69. The van der Waals surface area contributed by atoms with Crippen LogP contribution in [0.1, 0.15) is 80.9 Å². The van der Waals surface area contributed by atoms with Crippen LogP contribution in [-0.4, -0.2) is 87.7 Å². The number of hydrogen-bond donors (Lipinski definition) is 5. The van der Waals surface area contributed by atoms with Gasteiger partial charge in [-0.1, -0.05) is 13.0 Å². The maximum absolute atomic E-state index is 13.5. The molecule has 1 saturated heterocycles. The molecular formula is C38H49N3O9. The lowest BCUT2D eigenvalue weighted by atomic mass is 9.63. The Bertz CT molecular complexity index is 1820. The molecule has 12 nitrogen and oxygen atoms in total. The van der Waals surface area contributed by atoms with Crippen molar-refractivity contribution in [1.82, 2.24) is 9.88 Å². The molecule has 2 atom stereocenters. The lowest BCUT2D eigenvalue weighted by Crippen LogP contribution is -2.50. The highest BCUT2D eigenvalue weighted by Gasteiger charge is 2.50. The topological polar surface area (TPSA) is 181 Å². The first kappa shape index (κ1) is 35.7. The summed E-state index contributed by atoms with van der Waals surface area (Å²) in [6.45, 7) is 9.19. The molecule has 0 spiro atoms. The Morgan fingerprint density at radius 1 is 1.12 bits per heavy atom. The Hall–Kier alpha value is -4.10. The molecule has 0 bridgehead atoms. The van der Waals surface area contributed by atoms with Gasteiger partial charge in [0.05, 0.1) is 41.6 Å². The molecule has 50 heavy (non-hydrogen) atoms. The second kappa shape index (κ2) is 14.6. The molecule has 3 heterocycles. The predicted molar refractivity (Wildman–Crippen MR) is 188 cm³/mol. The number of aliphatic hydroxyl groups is 2. The van der Waals surface area contributed by atoms with Gasteiger partial charge in [-0.25, -0.2) is 4.79 Å². The van der Waals surface area contributed by atoms with E-state index in [0.29, 0.717) is 66.1 Å². The first-order chi connectivity index (χ1) is 23.9. The number of hydrogen-bond acceptors (Lipinski definition) is 9. The minimum absolute atomic E-state index is 0.110. The van der Waals surface area contributed by atoms with Gasteiger partial charge in [-0.05, 0) is 82.6 Å². The second-order valence-electron chi connectivity index (χ2n) is 14.4. The number of nitrogens with zero attached hydrogens (tertiary/aromatic N) is 1. The van der Waals surface area contributed by atoms with Crippen molar-refractivity contribution in [3.05, 3.63) is 59.5 Å². The highest BCUT2D eigenvalue weighted by molar-refractivity contribution is 6.05. The van der Waals surface area contributed by atoms with Gasteiger partial charge in [0.2, 0.25) is 5.91 Å². The van der Waals surface area contributed by atoms with Crippen LogP contribution >= 0.6 is 0 Å². The summed E-state index contributed by atoms with van der Waals surface area (Å²) >= 11 is 0. The van der Waals surface area contributed by atoms with Crippen molar-refractivity contribution >= 4 is 33.7 Å². The van der Waals surface area contributed by atoms with Crippen LogP contribution in [0, 0.1) is 5.92 Å². The number of likely N-dealkylation sites (tertiary alicyclic amines) is 1. The van der Waals surface area contributed by atoms with E-state index in [0.717, 1.165) is 24.0 Å². The molecule has 1 aliphatic carbocycles. The van der Waals surface area contributed by atoms with E-state index >= 15 is 0 Å². The Labute approximate surface area is 291 Å². The Morgan fingerprint density at radius 2 is 1.90 bits per heavy atom. The van der Waals surface area contributed by atoms with Gasteiger partial charge in [0, 0.05) is 47.6 Å². The normalized spacial score (nSPS) is 24.6. The third-order valence-corrected chi connectivity index (χ3v) is 10.6. The second-order valence-corrected chi connectivity index (χ2v) is 14.4. The zero-order valence-electron chi connectivity index (χ0n) is 29.1. The molecule has 2 fully saturated rings. The number of amides is 1. The van der Waals surface area contributed by atoms with Gasteiger partial charge in [0.1, 0.15) is 36.0 Å². The SMILES string of the molecule is CC(C)OCCOc1ccc2c(COc3cccc4[nH]c(C(=O)O)c(C5(C(N)=O)CCC(O)(CCN6CC[C@H](O)[C@@H](C)C6)CC5)c34)coc2c1. The summed E-state index contributed by atoms with van der Waals surface area (Å²) in [5.74, 6) is -0.610. The van der Waals surface area contributed by atoms with Crippen molar-refractivity contribution in [3.63, 3.8) is 0 Å². The molecule has 6 N–H and O–H groups in total. The standard InChI is InChI=1S/C38H49N3O9/c1-23(2)47-17-18-48-26-7-8-27-25(22-50-31(27)19-26)21-49-30-6-4-5-28-32(30)33(34(40-28)35(43)44)38(36(39)45)12-10-37(46,11-13-38)14-16-41-15-9-29(42)24(3)20-41/h4-8,19,22-24,29,40,42,46H,9-18,20-21H2,1-3H3,(H2,39,45)(H,43,44)/t24-,29-,37?,38?/m0/s1. The molecule has 270 valence electrons. The number of aromatic amines is 1. The molecule has 1 aliphatic heterocycles. The molecule has 0 radical (unpaired) electrons. The molecule has 1 saturated carbocycles. The number of H-pyrrole nitrogens is 1. The zero-order chi connectivity index (χ0) is 35.6. The van der Waals surface area contributed by atoms with Crippen molar-refractivity contribution in [3.8, 4) is 11.5 Å². The number of aromatic nitrogens is 1. The smallest absolute Gasteiger partial charge is 0.352 e. The summed E-state index contributed by atoms with van der Waals surface area (Å²) in [4.78, 5) is 31.4. The van der Waals surface area contributed by atoms with Crippen molar-refractivity contribution in [2.45, 2.75) is 89.1 Å². The fourth-order valence-electron chi connectivity index (χ4n) is 7.64. The number of ether oxygens (including phenoxy) is 3. The number of carbonyl (C=O) groups excluding carboxylic acids is 1. The number of rotatable bonds is 14. The summed E-state index contributed by atoms with van der Waals surface area (Å²) in [7, 11) is 0. The van der Waals surface area contributed by atoms with Crippen LogP contribution in [-0.2, 0) is 21.6 Å². The molecule has 12 heteroatoms. The summed E-state index contributed by atoms with van der Waals surface area (Å²) in [5.41, 5.74) is 5.92. The van der Waals surface area contributed by atoms with Gasteiger partial charge >= 0.3 is 5.97 Å². The van der Waals surface area contributed by atoms with E-state index in [4.69, 9.17) is 24.4 Å². The largest absolute Gasteiger partial charge is 0.491 e. The molecular weight excluding hydrogens is 642 g/mol. The Balaban J connectivity index is 1.23. The maximum atomic E-state index is 13.5. The predicted octanol–water partition coefficient (Wildman–Crippen LogP) is 5.12. The number of carboxylic acid groups (broad SMARTS) is 1. The van der Waals surface area contributed by atoms with E-state index in [1.54, 1.807) is 24.5 Å². The first-order valence-electron chi connectivity index (χ1n) is 17.6. The van der Waals surface area contributed by atoms with Crippen molar-refractivity contribution < 1.29 is 43.5 Å². The van der Waals surface area contributed by atoms with Crippen LogP contribution < -0.4 is 15.2 Å². The number of nitrogens with two attached hydrogens (primary N) is 1. The third-order valence-electron chi connectivity index (χ3n) is 10.6. The molecule has 2 aliphatic rings. The highest BCUT2D eigenvalue weighted by Crippen LogP contribution is 2.49. The van der Waals surface area contributed by atoms with E-state index in [1.165, 1.54) is 0 Å². The van der Waals surface area contributed by atoms with Crippen LogP contribution in [0.15, 0.2) is 47.1 Å². The minimum Gasteiger partial charge on any atom is -0.491 e. The maximum Gasteiger partial charge on any atom is 0.352 e. The number of fused-ring (bicyclic) bond motifs is 2. The highest BCUT2D eigenvalue weighted by atomic mass is 16.5. The monoisotopic (exact) mass is 691 g/mol. The van der Waals surface area contributed by atoms with E-state index in [9.17, 15) is 24.9 Å². The van der Waals surface area contributed by atoms with E-state index in [1.807, 2.05) is 39.0 Å². The summed E-state index contributed by atoms with van der Waals surface area (Å²) in [5, 5.41) is 33.4. The first-order valence-corrected chi connectivity index (χ1v) is 17.6. The van der Waals surface area contributed by atoms with E-state index in [2.05, 4.69) is 9.88 Å². The number of aliphatic hydroxyl groups excluding tert-OH is 1. The third kappa shape index (κ3) is 7.34. The van der Waals surface area contributed by atoms with Crippen molar-refractivity contribution in [2.24, 2.45) is 11.7 Å². The molecule has 2 aromatic heterocycles. The van der Waals surface area contributed by atoms with Crippen molar-refractivity contribution in [2.75, 3.05) is 32.8 Å². The number of benzene rings is 2. The molecule has 6 rings (SSSR count). The van der Waals surface area contributed by atoms with Gasteiger partial charge in [-0.3, -0.25) is 4.79 Å². The van der Waals surface area contributed by atoms with Crippen LogP contribution in [0.4, 0.5) is 0 Å². The number of aromatic carboxylic acids is 1. The van der Waals surface area contributed by atoms with Crippen LogP contribution in [0.3, 0.4) is 0 Å². The molecule has 1 amide bonds. The summed E-state index contributed by atoms with van der Waals surface area (Å²) in [6.07, 6.45) is 3.61. The van der Waals surface area contributed by atoms with Crippen LogP contribution in [0.5, 0.6) is 11.5 Å². The molecule has 0 unspecified atom stereocenters. The summed E-state index contributed by atoms with van der Waals surface area (Å²) < 4.78 is 23.5. The fraction of sp³-hybridized carbons (Fsp3) is 0.526. The van der Waals surface area contributed by atoms with Crippen molar-refractivity contribution in [1.29, 1.82) is 0 Å². The van der Waals surface area contributed by atoms with E-state index in [-0.39, 0.29) is 56.1 Å². The number of carboxylic acids is 1. The number of furan rings is 1. The number of carbonyl (C=O) groups is 2. The van der Waals surface area contributed by atoms with Crippen LogP contribution in [0.2, 0.25) is 0 Å². The minimum atomic E-state index is -1.33. The zero-order valence-corrected chi connectivity index (χ0v) is 29.1.